The maximum atomic E-state index is 14.9. The molecule has 0 spiro atoms. The predicted molar refractivity (Wildman–Crippen MR) is 96.4 cm³/mol. The molecular formula is C20H17F3N4. The zero-order chi connectivity index (χ0) is 19.0. The van der Waals surface area contributed by atoms with Gasteiger partial charge in [-0.15, -0.1) is 10.2 Å². The number of nitrogens with one attached hydrogen (secondary N) is 1. The molecule has 27 heavy (non-hydrogen) atoms. The van der Waals surface area contributed by atoms with Crippen LogP contribution in [0.25, 0.3) is 11.3 Å². The summed E-state index contributed by atoms with van der Waals surface area (Å²) in [4.78, 5) is 0. The Kier molecular flexibility index (Phi) is 4.53. The number of hydrogen-bond acceptors (Lipinski definition) is 4. The number of benzene rings is 2. The fourth-order valence-electron chi connectivity index (χ4n) is 3.49. The first-order valence-electron chi connectivity index (χ1n) is 8.60. The Balaban J connectivity index is 1.81. The second kappa shape index (κ2) is 7.00. The van der Waals surface area contributed by atoms with E-state index in [1.165, 1.54) is 12.1 Å². The summed E-state index contributed by atoms with van der Waals surface area (Å²) in [7, 11) is 0. The van der Waals surface area contributed by atoms with Crippen LogP contribution in [0, 0.1) is 17.5 Å². The summed E-state index contributed by atoms with van der Waals surface area (Å²) in [6, 6.07) is 10.2. The number of anilines is 1. The van der Waals surface area contributed by atoms with Crippen LogP contribution in [0.4, 0.5) is 19.0 Å². The highest BCUT2D eigenvalue weighted by Crippen LogP contribution is 2.36. The van der Waals surface area contributed by atoms with E-state index in [-0.39, 0.29) is 11.7 Å². The SMILES string of the molecule is Nc1ccc(-c2cc3c(cc2F)C(c2ccc(F)c(F)c2)CCNC3)nn1. The molecular weight excluding hydrogens is 353 g/mol. The third-order valence-electron chi connectivity index (χ3n) is 4.84. The maximum Gasteiger partial charge on any atom is 0.159 e. The number of aromatic nitrogens is 2. The van der Waals surface area contributed by atoms with Crippen molar-refractivity contribution in [1.82, 2.24) is 15.5 Å². The Hall–Kier alpha value is -2.93. The number of fused-ring (bicyclic) bond motifs is 1. The summed E-state index contributed by atoms with van der Waals surface area (Å²) in [5.74, 6) is -2.21. The van der Waals surface area contributed by atoms with Crippen molar-refractivity contribution in [1.29, 1.82) is 0 Å². The highest BCUT2D eigenvalue weighted by atomic mass is 19.2. The van der Waals surface area contributed by atoms with Crippen LogP contribution in [-0.2, 0) is 6.54 Å². The van der Waals surface area contributed by atoms with Crippen molar-refractivity contribution in [3.63, 3.8) is 0 Å². The van der Waals surface area contributed by atoms with E-state index in [9.17, 15) is 13.2 Å². The third kappa shape index (κ3) is 3.38. The summed E-state index contributed by atoms with van der Waals surface area (Å²) in [6.07, 6.45) is 0.651. The van der Waals surface area contributed by atoms with Gasteiger partial charge in [-0.3, -0.25) is 0 Å². The highest BCUT2D eigenvalue weighted by Gasteiger charge is 2.24. The first-order chi connectivity index (χ1) is 13.0. The molecule has 2 heterocycles. The molecule has 1 atom stereocenters. The van der Waals surface area contributed by atoms with Crippen molar-refractivity contribution in [2.75, 3.05) is 12.3 Å². The molecule has 0 fully saturated rings. The van der Waals surface area contributed by atoms with Crippen molar-refractivity contribution in [3.8, 4) is 11.3 Å². The Morgan fingerprint density at radius 3 is 2.52 bits per heavy atom. The van der Waals surface area contributed by atoms with E-state index in [4.69, 9.17) is 5.73 Å². The summed E-state index contributed by atoms with van der Waals surface area (Å²) < 4.78 is 41.9. The summed E-state index contributed by atoms with van der Waals surface area (Å²) >= 11 is 0. The van der Waals surface area contributed by atoms with E-state index in [0.29, 0.717) is 36.3 Å². The average molecular weight is 370 g/mol. The molecule has 0 bridgehead atoms. The third-order valence-corrected chi connectivity index (χ3v) is 4.84. The Bertz CT molecular complexity index is 989. The van der Waals surface area contributed by atoms with Gasteiger partial charge in [-0.25, -0.2) is 13.2 Å². The minimum absolute atomic E-state index is 0.230. The number of hydrogen-bond donors (Lipinski definition) is 2. The molecule has 1 aliphatic rings. The Labute approximate surface area is 154 Å². The van der Waals surface area contributed by atoms with Crippen molar-refractivity contribution in [2.45, 2.75) is 18.9 Å². The van der Waals surface area contributed by atoms with Gasteiger partial charge < -0.3 is 11.1 Å². The van der Waals surface area contributed by atoms with Gasteiger partial charge in [-0.1, -0.05) is 6.07 Å². The number of nitrogens with two attached hydrogens (primary N) is 1. The van der Waals surface area contributed by atoms with Crippen LogP contribution in [0.2, 0.25) is 0 Å². The number of nitrogens with zero attached hydrogens (tertiary/aromatic N) is 2. The van der Waals surface area contributed by atoms with E-state index < -0.39 is 17.5 Å². The zero-order valence-electron chi connectivity index (χ0n) is 14.3. The summed E-state index contributed by atoms with van der Waals surface area (Å²) in [6.45, 7) is 1.22. The van der Waals surface area contributed by atoms with Crippen LogP contribution < -0.4 is 11.1 Å². The smallest absolute Gasteiger partial charge is 0.159 e. The minimum atomic E-state index is -0.902. The predicted octanol–water partition coefficient (Wildman–Crippen LogP) is 3.77. The van der Waals surface area contributed by atoms with Crippen molar-refractivity contribution in [2.24, 2.45) is 0 Å². The molecule has 0 saturated heterocycles. The van der Waals surface area contributed by atoms with Gasteiger partial charge >= 0.3 is 0 Å². The van der Waals surface area contributed by atoms with Crippen LogP contribution in [0.15, 0.2) is 42.5 Å². The van der Waals surface area contributed by atoms with Gasteiger partial charge in [-0.2, -0.15) is 0 Å². The maximum absolute atomic E-state index is 14.9. The Morgan fingerprint density at radius 2 is 1.78 bits per heavy atom. The second-order valence-electron chi connectivity index (χ2n) is 6.57. The van der Waals surface area contributed by atoms with Crippen molar-refractivity contribution in [3.05, 3.63) is 76.6 Å². The molecule has 1 aromatic heterocycles. The molecule has 3 N–H and O–H groups in total. The van der Waals surface area contributed by atoms with Crippen molar-refractivity contribution < 1.29 is 13.2 Å². The van der Waals surface area contributed by atoms with Gasteiger partial charge in [0.15, 0.2) is 11.6 Å². The molecule has 7 heteroatoms. The fraction of sp³-hybridized carbons (Fsp3) is 0.200. The molecule has 0 aliphatic carbocycles. The lowest BCUT2D eigenvalue weighted by Gasteiger charge is -2.19. The average Bonchev–Trinajstić information content (AvgIpc) is 2.86. The lowest BCUT2D eigenvalue weighted by atomic mass is 9.85. The molecule has 2 aromatic carbocycles. The first kappa shape index (κ1) is 17.5. The first-order valence-corrected chi connectivity index (χ1v) is 8.60. The molecule has 1 aliphatic heterocycles. The second-order valence-corrected chi connectivity index (χ2v) is 6.57. The molecule has 3 aromatic rings. The van der Waals surface area contributed by atoms with Gasteiger partial charge in [0, 0.05) is 18.0 Å². The van der Waals surface area contributed by atoms with E-state index in [2.05, 4.69) is 15.5 Å². The molecule has 1 unspecified atom stereocenters. The summed E-state index contributed by atoms with van der Waals surface area (Å²) in [5.41, 5.74) is 8.53. The molecule has 4 nitrogen and oxygen atoms in total. The minimum Gasteiger partial charge on any atom is -0.382 e. The number of nitrogen functional groups attached to an aromatic ring is 1. The molecule has 0 saturated carbocycles. The number of rotatable bonds is 2. The van der Waals surface area contributed by atoms with Crippen molar-refractivity contribution >= 4 is 5.82 Å². The van der Waals surface area contributed by atoms with E-state index in [1.54, 1.807) is 24.3 Å². The summed E-state index contributed by atoms with van der Waals surface area (Å²) in [5, 5.41) is 11.0. The van der Waals surface area contributed by atoms with E-state index >= 15 is 0 Å². The van der Waals surface area contributed by atoms with Gasteiger partial charge in [0.1, 0.15) is 11.6 Å². The zero-order valence-corrected chi connectivity index (χ0v) is 14.3. The van der Waals surface area contributed by atoms with Crippen LogP contribution in [0.3, 0.4) is 0 Å². The van der Waals surface area contributed by atoms with Crippen LogP contribution in [-0.4, -0.2) is 16.7 Å². The molecule has 138 valence electrons. The Morgan fingerprint density at radius 1 is 0.926 bits per heavy atom. The van der Waals surface area contributed by atoms with Gasteiger partial charge in [0.05, 0.1) is 5.69 Å². The fourth-order valence-corrected chi connectivity index (χ4v) is 3.49. The standard InChI is InChI=1S/C20H17F3N4/c21-16-2-1-11(8-18(16)23)13-5-6-25-10-12-7-15(17(22)9-14(12)13)19-3-4-20(24)27-26-19/h1-4,7-9,13,25H,5-6,10H2,(H2,24,27). The van der Waals surface area contributed by atoms with Crippen LogP contribution >= 0.6 is 0 Å². The lowest BCUT2D eigenvalue weighted by Crippen LogP contribution is -2.12. The molecule has 0 amide bonds. The monoisotopic (exact) mass is 370 g/mol. The molecule has 4 rings (SSSR count). The number of halogens is 3. The normalized spacial score (nSPS) is 16.6. The van der Waals surface area contributed by atoms with Gasteiger partial charge in [0.2, 0.25) is 0 Å². The largest absolute Gasteiger partial charge is 0.382 e. The highest BCUT2D eigenvalue weighted by molar-refractivity contribution is 5.63. The van der Waals surface area contributed by atoms with E-state index in [0.717, 1.165) is 17.2 Å². The van der Waals surface area contributed by atoms with Gasteiger partial charge in [0.25, 0.3) is 0 Å². The molecule has 0 radical (unpaired) electrons. The van der Waals surface area contributed by atoms with Crippen LogP contribution in [0.5, 0.6) is 0 Å². The quantitative estimate of drug-likeness (QED) is 0.721. The van der Waals surface area contributed by atoms with Crippen LogP contribution in [0.1, 0.15) is 29.0 Å². The van der Waals surface area contributed by atoms with E-state index in [1.807, 2.05) is 0 Å². The topological polar surface area (TPSA) is 63.8 Å². The van der Waals surface area contributed by atoms with Gasteiger partial charge in [-0.05, 0) is 66.1 Å². The lowest BCUT2D eigenvalue weighted by molar-refractivity contribution is 0.505.